The lowest BCUT2D eigenvalue weighted by Crippen LogP contribution is -2.19. The van der Waals surface area contributed by atoms with E-state index in [1.54, 1.807) is 20.3 Å². The van der Waals surface area contributed by atoms with Crippen LogP contribution in [0.25, 0.3) is 6.08 Å². The molecule has 1 heterocycles. The third kappa shape index (κ3) is 3.85. The first-order valence-corrected chi connectivity index (χ1v) is 8.49. The second kappa shape index (κ2) is 7.44. The van der Waals surface area contributed by atoms with Crippen LogP contribution in [0.3, 0.4) is 0 Å². The van der Waals surface area contributed by atoms with Crippen molar-refractivity contribution in [3.8, 4) is 11.5 Å². The predicted octanol–water partition coefficient (Wildman–Crippen LogP) is 3.90. The predicted molar refractivity (Wildman–Crippen MR) is 102 cm³/mol. The normalized spacial score (nSPS) is 17.0. The number of amidine groups is 1. The Morgan fingerprint density at radius 2 is 1.92 bits per heavy atom. The maximum Gasteiger partial charge on any atom is 0.264 e. The highest BCUT2D eigenvalue weighted by atomic mass is 32.2. The van der Waals surface area contributed by atoms with Crippen molar-refractivity contribution < 1.29 is 14.3 Å². The molecule has 0 aromatic heterocycles. The number of thioether (sulfide) groups is 1. The summed E-state index contributed by atoms with van der Waals surface area (Å²) in [7, 11) is 3.16. The lowest BCUT2D eigenvalue weighted by molar-refractivity contribution is -0.115. The molecule has 0 unspecified atom stereocenters. The third-order valence-corrected chi connectivity index (χ3v) is 4.51. The number of carbonyl (C=O) groups excluding carboxylic acids is 1. The van der Waals surface area contributed by atoms with Crippen molar-refractivity contribution in [1.82, 2.24) is 5.32 Å². The minimum absolute atomic E-state index is 0.179. The van der Waals surface area contributed by atoms with Gasteiger partial charge in [-0.05, 0) is 48.5 Å². The molecule has 1 amide bonds. The Hall–Kier alpha value is -2.73. The number of aryl methyl sites for hydroxylation is 1. The summed E-state index contributed by atoms with van der Waals surface area (Å²) in [4.78, 5) is 17.3. The SMILES string of the molecule is COc1cccc(/C=C2\SC(=Nc3cccc(C)c3)NC2=O)c1OC. The molecule has 0 aliphatic carbocycles. The van der Waals surface area contributed by atoms with Crippen LogP contribution < -0.4 is 14.8 Å². The molecule has 1 saturated heterocycles. The second-order valence-electron chi connectivity index (χ2n) is 5.40. The van der Waals surface area contributed by atoms with Gasteiger partial charge in [0.1, 0.15) is 0 Å². The molecule has 1 aliphatic rings. The van der Waals surface area contributed by atoms with Crippen LogP contribution in [0.15, 0.2) is 52.4 Å². The fourth-order valence-corrected chi connectivity index (χ4v) is 3.29. The van der Waals surface area contributed by atoms with Crippen LogP contribution in [0, 0.1) is 6.92 Å². The van der Waals surface area contributed by atoms with Gasteiger partial charge in [0.25, 0.3) is 5.91 Å². The molecule has 128 valence electrons. The van der Waals surface area contributed by atoms with E-state index in [2.05, 4.69) is 10.3 Å². The van der Waals surface area contributed by atoms with Gasteiger partial charge in [-0.2, -0.15) is 0 Å². The van der Waals surface area contributed by atoms with Crippen molar-refractivity contribution in [3.05, 3.63) is 58.5 Å². The summed E-state index contributed by atoms with van der Waals surface area (Å²) in [5, 5.41) is 3.35. The third-order valence-electron chi connectivity index (χ3n) is 3.60. The van der Waals surface area contributed by atoms with E-state index >= 15 is 0 Å². The summed E-state index contributed by atoms with van der Waals surface area (Å²) < 4.78 is 10.7. The van der Waals surface area contributed by atoms with Gasteiger partial charge in [-0.25, -0.2) is 4.99 Å². The van der Waals surface area contributed by atoms with Crippen molar-refractivity contribution in [1.29, 1.82) is 0 Å². The number of aliphatic imine (C=N–C) groups is 1. The number of para-hydroxylation sites is 1. The van der Waals surface area contributed by atoms with Crippen molar-refractivity contribution in [2.24, 2.45) is 4.99 Å². The smallest absolute Gasteiger partial charge is 0.264 e. The second-order valence-corrected chi connectivity index (χ2v) is 6.43. The van der Waals surface area contributed by atoms with Crippen LogP contribution in [0.5, 0.6) is 11.5 Å². The van der Waals surface area contributed by atoms with E-state index in [1.165, 1.54) is 11.8 Å². The first-order chi connectivity index (χ1) is 12.1. The van der Waals surface area contributed by atoms with Crippen molar-refractivity contribution in [2.45, 2.75) is 6.92 Å². The summed E-state index contributed by atoms with van der Waals surface area (Å²) in [6, 6.07) is 13.3. The van der Waals surface area contributed by atoms with Gasteiger partial charge in [0.15, 0.2) is 16.7 Å². The highest BCUT2D eigenvalue weighted by Crippen LogP contribution is 2.35. The number of ether oxygens (including phenoxy) is 2. The molecule has 1 fully saturated rings. The number of amides is 1. The molecule has 2 aromatic carbocycles. The molecule has 0 saturated carbocycles. The van der Waals surface area contributed by atoms with Crippen molar-refractivity contribution in [3.63, 3.8) is 0 Å². The summed E-state index contributed by atoms with van der Waals surface area (Å²) in [6.45, 7) is 2.00. The molecule has 25 heavy (non-hydrogen) atoms. The Kier molecular flexibility index (Phi) is 5.09. The number of rotatable bonds is 4. The number of benzene rings is 2. The highest BCUT2D eigenvalue weighted by molar-refractivity contribution is 8.18. The lowest BCUT2D eigenvalue weighted by Gasteiger charge is -2.10. The molecule has 1 N–H and O–H groups in total. The number of methoxy groups -OCH3 is 2. The maximum atomic E-state index is 12.2. The Morgan fingerprint density at radius 1 is 1.12 bits per heavy atom. The molecule has 0 bridgehead atoms. The molecular weight excluding hydrogens is 336 g/mol. The molecule has 0 radical (unpaired) electrons. The molecule has 6 heteroatoms. The van der Waals surface area contributed by atoms with Gasteiger partial charge in [-0.1, -0.05) is 24.3 Å². The van der Waals surface area contributed by atoms with E-state index < -0.39 is 0 Å². The average Bonchev–Trinajstić information content (AvgIpc) is 2.93. The number of hydrogen-bond donors (Lipinski definition) is 1. The number of carbonyl (C=O) groups is 1. The molecule has 0 spiro atoms. The van der Waals surface area contributed by atoms with Crippen LogP contribution in [-0.4, -0.2) is 25.3 Å². The van der Waals surface area contributed by atoms with E-state index in [1.807, 2.05) is 49.4 Å². The standard InChI is InChI=1S/C19H18N2O3S/c1-12-6-4-8-14(10-12)20-19-21-18(22)16(25-19)11-13-7-5-9-15(23-2)17(13)24-3/h4-11H,1-3H3,(H,20,21,22)/b16-11-. The van der Waals surface area contributed by atoms with Gasteiger partial charge in [0.2, 0.25) is 0 Å². The van der Waals surface area contributed by atoms with Crippen LogP contribution in [0.4, 0.5) is 5.69 Å². The van der Waals surface area contributed by atoms with Crippen LogP contribution in [0.2, 0.25) is 0 Å². The summed E-state index contributed by atoms with van der Waals surface area (Å²) in [6.07, 6.45) is 1.78. The first-order valence-electron chi connectivity index (χ1n) is 7.68. The van der Waals surface area contributed by atoms with Gasteiger partial charge in [0.05, 0.1) is 24.8 Å². The van der Waals surface area contributed by atoms with Crippen LogP contribution in [0.1, 0.15) is 11.1 Å². The minimum Gasteiger partial charge on any atom is -0.493 e. The van der Waals surface area contributed by atoms with Gasteiger partial charge in [-0.15, -0.1) is 0 Å². The Labute approximate surface area is 150 Å². The zero-order valence-corrected chi connectivity index (χ0v) is 15.0. The number of nitrogens with one attached hydrogen (secondary N) is 1. The average molecular weight is 354 g/mol. The quantitative estimate of drug-likeness (QED) is 0.846. The number of hydrogen-bond acceptors (Lipinski definition) is 5. The Morgan fingerprint density at radius 3 is 2.64 bits per heavy atom. The summed E-state index contributed by atoms with van der Waals surface area (Å²) in [5.41, 5.74) is 2.70. The number of nitrogens with zero attached hydrogens (tertiary/aromatic N) is 1. The molecular formula is C19H18N2O3S. The van der Waals surface area contributed by atoms with Gasteiger partial charge >= 0.3 is 0 Å². The van der Waals surface area contributed by atoms with E-state index in [9.17, 15) is 4.79 Å². The Bertz CT molecular complexity index is 875. The zero-order chi connectivity index (χ0) is 17.8. The fraction of sp³-hybridized carbons (Fsp3) is 0.158. The lowest BCUT2D eigenvalue weighted by atomic mass is 10.1. The van der Waals surface area contributed by atoms with Crippen LogP contribution >= 0.6 is 11.8 Å². The van der Waals surface area contributed by atoms with Gasteiger partial charge in [0, 0.05) is 5.56 Å². The van der Waals surface area contributed by atoms with E-state index in [0.717, 1.165) is 16.8 Å². The molecule has 2 aromatic rings. The zero-order valence-electron chi connectivity index (χ0n) is 14.2. The van der Waals surface area contributed by atoms with Gasteiger partial charge in [-0.3, -0.25) is 4.79 Å². The maximum absolute atomic E-state index is 12.2. The monoisotopic (exact) mass is 354 g/mol. The van der Waals surface area contributed by atoms with E-state index in [4.69, 9.17) is 9.47 Å². The fourth-order valence-electron chi connectivity index (χ4n) is 2.46. The van der Waals surface area contributed by atoms with Crippen molar-refractivity contribution >= 4 is 34.6 Å². The molecule has 1 aliphatic heterocycles. The highest BCUT2D eigenvalue weighted by Gasteiger charge is 2.24. The Balaban J connectivity index is 1.90. The topological polar surface area (TPSA) is 59.9 Å². The summed E-state index contributed by atoms with van der Waals surface area (Å²) >= 11 is 1.30. The van der Waals surface area contributed by atoms with Gasteiger partial charge < -0.3 is 14.8 Å². The van der Waals surface area contributed by atoms with E-state index in [0.29, 0.717) is 21.6 Å². The molecule has 3 rings (SSSR count). The molecule has 0 atom stereocenters. The van der Waals surface area contributed by atoms with Crippen LogP contribution in [-0.2, 0) is 4.79 Å². The van der Waals surface area contributed by atoms with Crippen molar-refractivity contribution in [2.75, 3.05) is 14.2 Å². The largest absolute Gasteiger partial charge is 0.493 e. The first kappa shape index (κ1) is 17.1. The minimum atomic E-state index is -0.179. The summed E-state index contributed by atoms with van der Waals surface area (Å²) in [5.74, 6) is 1.03. The van der Waals surface area contributed by atoms with E-state index in [-0.39, 0.29) is 5.91 Å². The molecule has 5 nitrogen and oxygen atoms in total.